The highest BCUT2D eigenvalue weighted by Gasteiger charge is 2.33. The zero-order valence-electron chi connectivity index (χ0n) is 15.2. The summed E-state index contributed by atoms with van der Waals surface area (Å²) < 4.78 is 27.3. The molecule has 1 aliphatic carbocycles. The van der Waals surface area contributed by atoms with Crippen LogP contribution in [-0.4, -0.2) is 62.3 Å². The summed E-state index contributed by atoms with van der Waals surface area (Å²) in [5.41, 5.74) is 0. The molecule has 3 rings (SSSR count). The Morgan fingerprint density at radius 1 is 1.07 bits per heavy atom. The third kappa shape index (κ3) is 4.62. The lowest BCUT2D eigenvalue weighted by atomic mass is 9.84. The first-order valence-electron chi connectivity index (χ1n) is 9.13. The molecule has 1 aromatic carbocycles. The topological polar surface area (TPSA) is 86.8 Å². The van der Waals surface area contributed by atoms with Crippen LogP contribution in [-0.2, 0) is 19.6 Å². The van der Waals surface area contributed by atoms with E-state index >= 15 is 0 Å². The van der Waals surface area contributed by atoms with Gasteiger partial charge in [-0.15, -0.1) is 0 Å². The average molecular weight is 414 g/mol. The maximum Gasteiger partial charge on any atom is 0.241 e. The smallest absolute Gasteiger partial charge is 0.241 e. The van der Waals surface area contributed by atoms with Gasteiger partial charge in [0.2, 0.25) is 21.8 Å². The highest BCUT2D eigenvalue weighted by molar-refractivity contribution is 7.89. The van der Waals surface area contributed by atoms with E-state index in [9.17, 15) is 18.0 Å². The molecule has 9 heteroatoms. The number of nitrogens with zero attached hydrogens (tertiary/aromatic N) is 2. The molecule has 0 aromatic heterocycles. The zero-order valence-corrected chi connectivity index (χ0v) is 16.8. The predicted octanol–water partition coefficient (Wildman–Crippen LogP) is 1.48. The van der Waals surface area contributed by atoms with Gasteiger partial charge < -0.3 is 9.80 Å². The van der Waals surface area contributed by atoms with Crippen molar-refractivity contribution in [1.29, 1.82) is 0 Å². The Bertz CT molecular complexity index is 800. The van der Waals surface area contributed by atoms with E-state index in [4.69, 9.17) is 11.6 Å². The standard InChI is InChI=1S/C18H24ClN3O4S/c1-13(20-27(25,26)16-7-5-15(19)6-8-16)17(23)21-9-11-22(12-10-21)18(24)14-3-2-4-14/h5-8,13-14,20H,2-4,9-12H2,1H3/t13-/m0/s1. The lowest BCUT2D eigenvalue weighted by molar-refractivity contribution is -0.144. The molecule has 7 nitrogen and oxygen atoms in total. The van der Waals surface area contributed by atoms with Crippen molar-refractivity contribution in [2.24, 2.45) is 5.92 Å². The van der Waals surface area contributed by atoms with Gasteiger partial charge in [0, 0.05) is 37.1 Å². The molecular formula is C18H24ClN3O4S. The first kappa shape index (κ1) is 20.1. The monoisotopic (exact) mass is 413 g/mol. The van der Waals surface area contributed by atoms with E-state index in [1.807, 2.05) is 4.90 Å². The minimum absolute atomic E-state index is 0.0578. The van der Waals surface area contributed by atoms with Gasteiger partial charge in [0.05, 0.1) is 10.9 Å². The molecule has 2 amide bonds. The Hall–Kier alpha value is -1.64. The van der Waals surface area contributed by atoms with Crippen molar-refractivity contribution in [1.82, 2.24) is 14.5 Å². The van der Waals surface area contributed by atoms with E-state index in [0.29, 0.717) is 31.2 Å². The second-order valence-electron chi connectivity index (χ2n) is 7.08. The number of rotatable bonds is 5. The summed E-state index contributed by atoms with van der Waals surface area (Å²) >= 11 is 5.78. The van der Waals surface area contributed by atoms with Crippen LogP contribution in [0.1, 0.15) is 26.2 Å². The van der Waals surface area contributed by atoms with Gasteiger partial charge in [-0.3, -0.25) is 9.59 Å². The van der Waals surface area contributed by atoms with E-state index in [-0.39, 0.29) is 22.6 Å². The second-order valence-corrected chi connectivity index (χ2v) is 9.23. The molecule has 1 N–H and O–H groups in total. The van der Waals surface area contributed by atoms with Gasteiger partial charge >= 0.3 is 0 Å². The summed E-state index contributed by atoms with van der Waals surface area (Å²) in [5.74, 6) is 0.0467. The van der Waals surface area contributed by atoms with Crippen molar-refractivity contribution < 1.29 is 18.0 Å². The molecule has 148 valence electrons. The fourth-order valence-electron chi connectivity index (χ4n) is 3.30. The highest BCUT2D eigenvalue weighted by Crippen LogP contribution is 2.28. The molecule has 1 atom stereocenters. The third-order valence-electron chi connectivity index (χ3n) is 5.18. The molecule has 0 bridgehead atoms. The van der Waals surface area contributed by atoms with Gasteiger partial charge in [0.25, 0.3) is 0 Å². The number of hydrogen-bond acceptors (Lipinski definition) is 4. The summed E-state index contributed by atoms with van der Waals surface area (Å²) in [6.45, 7) is 3.37. The van der Waals surface area contributed by atoms with E-state index in [0.717, 1.165) is 19.3 Å². The molecule has 1 saturated carbocycles. The van der Waals surface area contributed by atoms with Crippen LogP contribution in [0, 0.1) is 5.92 Å². The largest absolute Gasteiger partial charge is 0.339 e. The minimum Gasteiger partial charge on any atom is -0.339 e. The van der Waals surface area contributed by atoms with Crippen LogP contribution in [0.3, 0.4) is 0 Å². The number of hydrogen-bond donors (Lipinski definition) is 1. The van der Waals surface area contributed by atoms with Crippen molar-refractivity contribution in [3.05, 3.63) is 29.3 Å². The predicted molar refractivity (Wildman–Crippen MR) is 102 cm³/mol. The zero-order chi connectivity index (χ0) is 19.6. The number of sulfonamides is 1. The van der Waals surface area contributed by atoms with Gasteiger partial charge in [0.15, 0.2) is 0 Å². The molecule has 0 unspecified atom stereocenters. The summed E-state index contributed by atoms with van der Waals surface area (Å²) in [4.78, 5) is 28.4. The highest BCUT2D eigenvalue weighted by atomic mass is 35.5. The van der Waals surface area contributed by atoms with Gasteiger partial charge in [-0.25, -0.2) is 8.42 Å². The molecule has 0 spiro atoms. The van der Waals surface area contributed by atoms with Crippen LogP contribution in [0.4, 0.5) is 0 Å². The third-order valence-corrected chi connectivity index (χ3v) is 6.99. The normalized spacial score (nSPS) is 19.5. The Kier molecular flexibility index (Phi) is 6.08. The number of halogens is 1. The Labute approximate surface area is 164 Å². The fourth-order valence-corrected chi connectivity index (χ4v) is 4.62. The van der Waals surface area contributed by atoms with Gasteiger partial charge in [-0.2, -0.15) is 4.72 Å². The van der Waals surface area contributed by atoms with Crippen LogP contribution >= 0.6 is 11.6 Å². The SMILES string of the molecule is C[C@H](NS(=O)(=O)c1ccc(Cl)cc1)C(=O)N1CCN(C(=O)C2CCC2)CC1. The summed E-state index contributed by atoms with van der Waals surface area (Å²) in [5, 5.41) is 0.437. The molecule has 1 aliphatic heterocycles. The first-order chi connectivity index (χ1) is 12.8. The van der Waals surface area contributed by atoms with Crippen molar-refractivity contribution in [2.45, 2.75) is 37.1 Å². The van der Waals surface area contributed by atoms with E-state index in [1.54, 1.807) is 4.90 Å². The number of carbonyl (C=O) groups is 2. The lowest BCUT2D eigenvalue weighted by Crippen LogP contribution is -2.56. The van der Waals surface area contributed by atoms with Gasteiger partial charge in [0.1, 0.15) is 0 Å². The van der Waals surface area contributed by atoms with Crippen LogP contribution in [0.5, 0.6) is 0 Å². The number of benzene rings is 1. The molecule has 1 saturated heterocycles. The Morgan fingerprint density at radius 3 is 2.15 bits per heavy atom. The quantitative estimate of drug-likeness (QED) is 0.792. The number of amides is 2. The van der Waals surface area contributed by atoms with Crippen molar-refractivity contribution >= 4 is 33.4 Å². The molecule has 1 heterocycles. The average Bonchev–Trinajstić information content (AvgIpc) is 2.59. The molecule has 27 heavy (non-hydrogen) atoms. The Morgan fingerprint density at radius 2 is 1.63 bits per heavy atom. The second kappa shape index (κ2) is 8.16. The molecule has 2 aliphatic rings. The number of piperazine rings is 1. The molecule has 0 radical (unpaired) electrons. The minimum atomic E-state index is -3.81. The van der Waals surface area contributed by atoms with Crippen LogP contribution in [0.15, 0.2) is 29.2 Å². The molecule has 2 fully saturated rings. The first-order valence-corrected chi connectivity index (χ1v) is 11.0. The van der Waals surface area contributed by atoms with Crippen LogP contribution in [0.2, 0.25) is 5.02 Å². The van der Waals surface area contributed by atoms with Crippen molar-refractivity contribution in [2.75, 3.05) is 26.2 Å². The number of carbonyl (C=O) groups excluding carboxylic acids is 2. The van der Waals surface area contributed by atoms with Crippen LogP contribution in [0.25, 0.3) is 0 Å². The van der Waals surface area contributed by atoms with E-state index in [1.165, 1.54) is 31.2 Å². The maximum atomic E-state index is 12.6. The lowest BCUT2D eigenvalue weighted by Gasteiger charge is -2.39. The van der Waals surface area contributed by atoms with Crippen molar-refractivity contribution in [3.63, 3.8) is 0 Å². The fraction of sp³-hybridized carbons (Fsp3) is 0.556. The Balaban J connectivity index is 1.54. The molecular weight excluding hydrogens is 390 g/mol. The van der Waals surface area contributed by atoms with Crippen LogP contribution < -0.4 is 4.72 Å². The summed E-state index contributed by atoms with van der Waals surface area (Å²) in [7, 11) is -3.81. The summed E-state index contributed by atoms with van der Waals surface area (Å²) in [6, 6.07) is 4.88. The van der Waals surface area contributed by atoms with E-state index in [2.05, 4.69) is 4.72 Å². The number of nitrogens with one attached hydrogen (secondary N) is 1. The molecule has 1 aromatic rings. The van der Waals surface area contributed by atoms with Gasteiger partial charge in [-0.1, -0.05) is 18.0 Å². The van der Waals surface area contributed by atoms with Gasteiger partial charge in [-0.05, 0) is 44.0 Å². The summed E-state index contributed by atoms with van der Waals surface area (Å²) in [6.07, 6.45) is 3.03. The van der Waals surface area contributed by atoms with Crippen molar-refractivity contribution in [3.8, 4) is 0 Å². The maximum absolute atomic E-state index is 12.6. The van der Waals surface area contributed by atoms with E-state index < -0.39 is 16.1 Å².